The second-order valence-electron chi connectivity index (χ2n) is 8.60. The highest BCUT2D eigenvalue weighted by molar-refractivity contribution is 7.93. The van der Waals surface area contributed by atoms with E-state index in [1.165, 1.54) is 6.08 Å². The van der Waals surface area contributed by atoms with Crippen LogP contribution in [0.25, 0.3) is 6.08 Å². The minimum Gasteiger partial charge on any atom is -0.396 e. The Morgan fingerprint density at radius 2 is 1.69 bits per heavy atom. The largest absolute Gasteiger partial charge is 0.396 e. The van der Waals surface area contributed by atoms with Crippen LogP contribution < -0.4 is 9.62 Å². The predicted molar refractivity (Wildman–Crippen MR) is 133 cm³/mol. The molecule has 1 aliphatic heterocycles. The zero-order valence-corrected chi connectivity index (χ0v) is 21.1. The lowest BCUT2D eigenvalue weighted by molar-refractivity contribution is -0.221. The number of nitriles is 1. The number of hydrogen-bond acceptors (Lipinski definition) is 9. The number of rotatable bonds is 13. The Hall–Kier alpha value is -2.04. The van der Waals surface area contributed by atoms with Gasteiger partial charge in [0.2, 0.25) is 0 Å². The van der Waals surface area contributed by atoms with E-state index in [2.05, 4.69) is 23.5 Å². The molecule has 1 unspecified atom stereocenters. The maximum atomic E-state index is 12.8. The average molecular weight is 512 g/mol. The topological polar surface area (TPSA) is 163 Å². The normalized spacial score (nSPS) is 25.3. The van der Waals surface area contributed by atoms with Crippen LogP contribution in [0.2, 0.25) is 0 Å². The molecule has 1 fully saturated rings. The Morgan fingerprint density at radius 1 is 1.09 bits per heavy atom. The maximum absolute atomic E-state index is 12.8. The zero-order valence-electron chi connectivity index (χ0n) is 20.2. The summed E-state index contributed by atoms with van der Waals surface area (Å²) in [6.45, 7) is 5.47. The number of aliphatic hydroxyl groups is 4. The monoisotopic (exact) mass is 511 g/mol. The van der Waals surface area contributed by atoms with Gasteiger partial charge in [-0.3, -0.25) is 0 Å². The van der Waals surface area contributed by atoms with Crippen LogP contribution >= 0.6 is 0 Å². The Kier molecular flexibility index (Phi) is 11.6. The highest BCUT2D eigenvalue weighted by Gasteiger charge is 2.43. The van der Waals surface area contributed by atoms with Gasteiger partial charge in [-0.2, -0.15) is 5.26 Å². The van der Waals surface area contributed by atoms with Gasteiger partial charge in [0, 0.05) is 31.9 Å². The standard InChI is InChI=1S/C24H37N3O7S/c1-3-11-27(12-4-2)18-9-7-17(8-10-18)14-19(15-25)35(32,33)26-16-21-23(30)24(31)22(29)20(34-21)6-5-13-28/h7-10,14,20-24,26,28-31H,3-6,11-13,16H2,1-2H3/b19-14+/t20?,21-,22+,23-,24-/m1/s1. The van der Waals surface area contributed by atoms with Crippen molar-refractivity contribution in [1.29, 1.82) is 5.26 Å². The molecule has 0 aliphatic carbocycles. The molecule has 1 aliphatic rings. The number of ether oxygens (including phenoxy) is 1. The fourth-order valence-corrected chi connectivity index (χ4v) is 4.96. The number of nitrogens with zero attached hydrogens (tertiary/aromatic N) is 2. The molecule has 0 aromatic heterocycles. The van der Waals surface area contributed by atoms with Crippen LogP contribution in [0.15, 0.2) is 29.2 Å². The summed E-state index contributed by atoms with van der Waals surface area (Å²) in [5, 5.41) is 48.9. The Morgan fingerprint density at radius 3 is 2.23 bits per heavy atom. The van der Waals surface area contributed by atoms with Gasteiger partial charge < -0.3 is 30.1 Å². The van der Waals surface area contributed by atoms with Crippen LogP contribution in [0.4, 0.5) is 5.69 Å². The average Bonchev–Trinajstić information content (AvgIpc) is 2.85. The van der Waals surface area contributed by atoms with Crippen LogP contribution in [0.1, 0.15) is 45.1 Å². The summed E-state index contributed by atoms with van der Waals surface area (Å²) in [5.41, 5.74) is 1.56. The molecule has 5 N–H and O–H groups in total. The summed E-state index contributed by atoms with van der Waals surface area (Å²) in [6.07, 6.45) is -2.67. The molecule has 10 nitrogen and oxygen atoms in total. The summed E-state index contributed by atoms with van der Waals surface area (Å²) >= 11 is 0. The molecule has 0 spiro atoms. The Bertz CT molecular complexity index is 956. The smallest absolute Gasteiger partial charge is 0.250 e. The number of sulfonamides is 1. The van der Waals surface area contributed by atoms with Crippen molar-refractivity contribution in [3.8, 4) is 6.07 Å². The zero-order chi connectivity index (χ0) is 26.0. The van der Waals surface area contributed by atoms with E-state index >= 15 is 0 Å². The van der Waals surface area contributed by atoms with E-state index in [9.17, 15) is 29.0 Å². The van der Waals surface area contributed by atoms with Gasteiger partial charge in [0.15, 0.2) is 4.91 Å². The first-order chi connectivity index (χ1) is 16.7. The SMILES string of the molecule is CCCN(CCC)c1ccc(/C=C(\C#N)S(=O)(=O)NC[C@H]2OC(CCCO)[C@H](O)[C@@H](O)[C@@H]2O)cc1. The molecule has 1 heterocycles. The molecule has 11 heteroatoms. The van der Waals surface area contributed by atoms with Gasteiger partial charge in [-0.05, 0) is 49.5 Å². The Labute approximate surface area is 207 Å². The van der Waals surface area contributed by atoms with Gasteiger partial charge in [0.05, 0.1) is 6.10 Å². The molecule has 1 saturated heterocycles. The minimum absolute atomic E-state index is 0.144. The molecule has 1 aromatic carbocycles. The lowest BCUT2D eigenvalue weighted by Crippen LogP contribution is -2.60. The second-order valence-corrected chi connectivity index (χ2v) is 10.3. The van der Waals surface area contributed by atoms with Gasteiger partial charge in [0.1, 0.15) is 30.5 Å². The van der Waals surface area contributed by atoms with Crippen molar-refractivity contribution >= 4 is 21.8 Å². The van der Waals surface area contributed by atoms with E-state index in [0.29, 0.717) is 12.0 Å². The van der Waals surface area contributed by atoms with Crippen LogP contribution in [-0.4, -0.2) is 85.6 Å². The summed E-state index contributed by atoms with van der Waals surface area (Å²) in [4.78, 5) is 1.73. The molecule has 5 atom stereocenters. The minimum atomic E-state index is -4.24. The van der Waals surface area contributed by atoms with Crippen LogP contribution in [0.5, 0.6) is 0 Å². The van der Waals surface area contributed by atoms with Gasteiger partial charge in [-0.1, -0.05) is 26.0 Å². The van der Waals surface area contributed by atoms with Crippen molar-refractivity contribution in [3.63, 3.8) is 0 Å². The quantitative estimate of drug-likeness (QED) is 0.240. The van der Waals surface area contributed by atoms with Crippen molar-refractivity contribution in [2.24, 2.45) is 0 Å². The summed E-state index contributed by atoms with van der Waals surface area (Å²) in [7, 11) is -4.24. The molecule has 2 rings (SSSR count). The third kappa shape index (κ3) is 7.98. The lowest BCUT2D eigenvalue weighted by Gasteiger charge is -2.40. The molecule has 0 bridgehead atoms. The first-order valence-electron chi connectivity index (χ1n) is 11.9. The number of anilines is 1. The van der Waals surface area contributed by atoms with E-state index in [1.807, 2.05) is 12.1 Å². The van der Waals surface area contributed by atoms with Crippen molar-refractivity contribution < 1.29 is 33.6 Å². The number of nitrogens with one attached hydrogen (secondary N) is 1. The van der Waals surface area contributed by atoms with E-state index in [1.54, 1.807) is 18.2 Å². The number of hydrogen-bond donors (Lipinski definition) is 5. The third-order valence-electron chi connectivity index (χ3n) is 5.88. The fraction of sp³-hybridized carbons (Fsp3) is 0.625. The highest BCUT2D eigenvalue weighted by Crippen LogP contribution is 2.24. The van der Waals surface area contributed by atoms with Crippen molar-refractivity contribution in [2.45, 2.75) is 70.1 Å². The molecule has 0 saturated carbocycles. The molecule has 35 heavy (non-hydrogen) atoms. The van der Waals surface area contributed by atoms with E-state index < -0.39 is 52.0 Å². The van der Waals surface area contributed by atoms with E-state index in [0.717, 1.165) is 31.6 Å². The number of allylic oxidation sites excluding steroid dienone is 1. The van der Waals surface area contributed by atoms with Crippen LogP contribution in [0.3, 0.4) is 0 Å². The third-order valence-corrected chi connectivity index (χ3v) is 7.21. The summed E-state index contributed by atoms with van der Waals surface area (Å²) in [6, 6.07) is 8.97. The van der Waals surface area contributed by atoms with Gasteiger partial charge in [-0.15, -0.1) is 0 Å². The maximum Gasteiger partial charge on any atom is 0.250 e. The number of benzene rings is 1. The molecule has 0 radical (unpaired) electrons. The first kappa shape index (κ1) is 29.2. The van der Waals surface area contributed by atoms with E-state index in [4.69, 9.17) is 9.84 Å². The predicted octanol–water partition coefficient (Wildman–Crippen LogP) is 0.719. The van der Waals surface area contributed by atoms with E-state index in [-0.39, 0.29) is 13.0 Å². The molecule has 196 valence electrons. The lowest BCUT2D eigenvalue weighted by atomic mass is 9.93. The fourth-order valence-electron chi connectivity index (χ4n) is 4.01. The van der Waals surface area contributed by atoms with Gasteiger partial charge in [0.25, 0.3) is 10.0 Å². The first-order valence-corrected chi connectivity index (χ1v) is 13.4. The Balaban J connectivity index is 2.12. The van der Waals surface area contributed by atoms with Crippen molar-refractivity contribution in [2.75, 3.05) is 31.1 Å². The number of aliphatic hydroxyl groups excluding tert-OH is 4. The second kappa shape index (κ2) is 13.9. The molecular weight excluding hydrogens is 474 g/mol. The van der Waals surface area contributed by atoms with Crippen molar-refractivity contribution in [3.05, 3.63) is 34.7 Å². The molecule has 1 aromatic rings. The van der Waals surface area contributed by atoms with Crippen LogP contribution in [-0.2, 0) is 14.8 Å². The molecule has 0 amide bonds. The summed E-state index contributed by atoms with van der Waals surface area (Å²) < 4.78 is 33.4. The summed E-state index contributed by atoms with van der Waals surface area (Å²) in [5.74, 6) is 0. The van der Waals surface area contributed by atoms with Crippen LogP contribution in [0, 0.1) is 11.3 Å². The van der Waals surface area contributed by atoms with Crippen molar-refractivity contribution in [1.82, 2.24) is 4.72 Å². The van der Waals surface area contributed by atoms with Gasteiger partial charge >= 0.3 is 0 Å². The molecular formula is C24H37N3O7S. The highest BCUT2D eigenvalue weighted by atomic mass is 32.2. The van der Waals surface area contributed by atoms with Gasteiger partial charge in [-0.25, -0.2) is 13.1 Å².